The van der Waals surface area contributed by atoms with Crippen molar-refractivity contribution < 1.29 is 9.59 Å². The van der Waals surface area contributed by atoms with Crippen LogP contribution < -0.4 is 10.6 Å². The Hall–Kier alpha value is -3.44. The van der Waals surface area contributed by atoms with Crippen molar-refractivity contribution in [2.75, 3.05) is 32.7 Å². The second-order valence-electron chi connectivity index (χ2n) is 12.3. The molecule has 0 bridgehead atoms. The van der Waals surface area contributed by atoms with Gasteiger partial charge >= 0.3 is 0 Å². The molecule has 1 fully saturated rings. The Bertz CT molecular complexity index is 1120. The molecule has 42 heavy (non-hydrogen) atoms. The number of hydrogen-bond acceptors (Lipinski definition) is 3. The Morgan fingerprint density at radius 3 is 1.90 bits per heavy atom. The molecule has 1 atom stereocenters. The molecule has 0 radical (unpaired) electrons. The van der Waals surface area contributed by atoms with Crippen molar-refractivity contribution in [3.05, 3.63) is 108 Å². The van der Waals surface area contributed by atoms with Gasteiger partial charge in [-0.1, -0.05) is 111 Å². The first-order valence-electron chi connectivity index (χ1n) is 15.9. The van der Waals surface area contributed by atoms with E-state index in [1.807, 2.05) is 54.6 Å². The van der Waals surface area contributed by atoms with Gasteiger partial charge in [-0.15, -0.1) is 0 Å². The van der Waals surface area contributed by atoms with Gasteiger partial charge in [-0.2, -0.15) is 0 Å². The summed E-state index contributed by atoms with van der Waals surface area (Å²) in [6.07, 6.45) is 5.92. The predicted octanol–water partition coefficient (Wildman–Crippen LogP) is 6.57. The molecule has 3 aromatic rings. The van der Waals surface area contributed by atoms with Crippen molar-refractivity contribution in [2.45, 2.75) is 64.2 Å². The van der Waals surface area contributed by atoms with E-state index >= 15 is 0 Å². The molecule has 0 aliphatic carbocycles. The maximum Gasteiger partial charge on any atom is 0.221 e. The molecule has 1 aliphatic rings. The third-order valence-corrected chi connectivity index (χ3v) is 8.44. The second kappa shape index (κ2) is 16.3. The number of benzene rings is 3. The standard InChI is InChI=1S/C37H49N3O2/c1-30(2)28-40-25-15-16-31(29-40)27-39-35(41)23-13-6-14-24-38-36(42)26-37(32-17-7-3-8-18-32,33-19-9-4-10-20-33)34-21-11-5-12-22-34/h3-5,7-12,17-22,30-31H,6,13-16,23-29H2,1-2H3,(H,38,42)(H,39,41). The first kappa shape index (κ1) is 31.5. The number of piperidine rings is 1. The van der Waals surface area contributed by atoms with Crippen LogP contribution in [-0.4, -0.2) is 49.4 Å². The zero-order valence-corrected chi connectivity index (χ0v) is 25.6. The summed E-state index contributed by atoms with van der Waals surface area (Å²) in [5.74, 6) is 1.43. The van der Waals surface area contributed by atoms with Gasteiger partial charge in [-0.05, 0) is 60.8 Å². The monoisotopic (exact) mass is 567 g/mol. The minimum absolute atomic E-state index is 0.0308. The van der Waals surface area contributed by atoms with Crippen molar-refractivity contribution in [2.24, 2.45) is 11.8 Å². The SMILES string of the molecule is CC(C)CN1CCCC(CNC(=O)CCCCCNC(=O)CC(c2ccccc2)(c2ccccc2)c2ccccc2)C1. The summed E-state index contributed by atoms with van der Waals surface area (Å²) in [7, 11) is 0. The van der Waals surface area contributed by atoms with E-state index < -0.39 is 5.41 Å². The van der Waals surface area contributed by atoms with Crippen LogP contribution in [0.4, 0.5) is 0 Å². The zero-order chi connectivity index (χ0) is 29.6. The van der Waals surface area contributed by atoms with E-state index in [1.54, 1.807) is 0 Å². The molecular weight excluding hydrogens is 518 g/mol. The van der Waals surface area contributed by atoms with E-state index in [-0.39, 0.29) is 11.8 Å². The molecule has 1 aliphatic heterocycles. The highest BCUT2D eigenvalue weighted by molar-refractivity contribution is 5.80. The number of unbranched alkanes of at least 4 members (excludes halogenated alkanes) is 2. The Kier molecular flexibility index (Phi) is 12.2. The highest BCUT2D eigenvalue weighted by Gasteiger charge is 2.38. The summed E-state index contributed by atoms with van der Waals surface area (Å²) < 4.78 is 0. The Morgan fingerprint density at radius 2 is 1.36 bits per heavy atom. The molecule has 0 spiro atoms. The number of carbonyl (C=O) groups is 2. The summed E-state index contributed by atoms with van der Waals surface area (Å²) in [4.78, 5) is 28.5. The molecular formula is C37H49N3O2. The van der Waals surface area contributed by atoms with Gasteiger partial charge in [0.1, 0.15) is 0 Å². The van der Waals surface area contributed by atoms with Gasteiger partial charge in [0.25, 0.3) is 0 Å². The summed E-state index contributed by atoms with van der Waals surface area (Å²) in [5.41, 5.74) is 2.72. The summed E-state index contributed by atoms with van der Waals surface area (Å²) >= 11 is 0. The van der Waals surface area contributed by atoms with E-state index in [0.29, 0.717) is 31.2 Å². The molecule has 0 saturated carbocycles. The third kappa shape index (κ3) is 9.03. The van der Waals surface area contributed by atoms with Crippen LogP contribution in [0.3, 0.4) is 0 Å². The number of hydrogen-bond donors (Lipinski definition) is 2. The van der Waals surface area contributed by atoms with Gasteiger partial charge in [0.05, 0.1) is 5.41 Å². The number of likely N-dealkylation sites (tertiary alicyclic amines) is 1. The topological polar surface area (TPSA) is 61.4 Å². The molecule has 3 aromatic carbocycles. The third-order valence-electron chi connectivity index (χ3n) is 8.44. The van der Waals surface area contributed by atoms with Gasteiger partial charge in [0, 0.05) is 39.0 Å². The lowest BCUT2D eigenvalue weighted by Crippen LogP contribution is -2.42. The molecule has 5 heteroatoms. The first-order chi connectivity index (χ1) is 20.5. The van der Waals surface area contributed by atoms with E-state index in [4.69, 9.17) is 0 Å². The molecule has 4 rings (SSSR count). The van der Waals surface area contributed by atoms with Crippen molar-refractivity contribution >= 4 is 11.8 Å². The molecule has 2 N–H and O–H groups in total. The van der Waals surface area contributed by atoms with Crippen LogP contribution in [0.5, 0.6) is 0 Å². The fourth-order valence-corrected chi connectivity index (χ4v) is 6.44. The molecule has 1 unspecified atom stereocenters. The van der Waals surface area contributed by atoms with Crippen LogP contribution in [0.25, 0.3) is 0 Å². The fraction of sp³-hybridized carbons (Fsp3) is 0.459. The van der Waals surface area contributed by atoms with E-state index in [0.717, 1.165) is 55.6 Å². The van der Waals surface area contributed by atoms with Crippen molar-refractivity contribution in [3.8, 4) is 0 Å². The lowest BCUT2D eigenvalue weighted by Gasteiger charge is -2.35. The Balaban J connectivity index is 1.24. The van der Waals surface area contributed by atoms with Crippen molar-refractivity contribution in [1.29, 1.82) is 0 Å². The fourth-order valence-electron chi connectivity index (χ4n) is 6.44. The lowest BCUT2D eigenvalue weighted by molar-refractivity contribution is -0.122. The lowest BCUT2D eigenvalue weighted by atomic mass is 9.67. The van der Waals surface area contributed by atoms with Crippen LogP contribution in [-0.2, 0) is 15.0 Å². The molecule has 224 valence electrons. The number of nitrogens with one attached hydrogen (secondary N) is 2. The van der Waals surface area contributed by atoms with Crippen LogP contribution in [0.1, 0.15) is 75.5 Å². The van der Waals surface area contributed by atoms with Crippen molar-refractivity contribution in [1.82, 2.24) is 15.5 Å². The highest BCUT2D eigenvalue weighted by atomic mass is 16.2. The zero-order valence-electron chi connectivity index (χ0n) is 25.6. The van der Waals surface area contributed by atoms with Crippen LogP contribution in [0.15, 0.2) is 91.0 Å². The van der Waals surface area contributed by atoms with Crippen molar-refractivity contribution in [3.63, 3.8) is 0 Å². The van der Waals surface area contributed by atoms with Gasteiger partial charge in [0.15, 0.2) is 0 Å². The second-order valence-corrected chi connectivity index (χ2v) is 12.3. The van der Waals surface area contributed by atoms with Gasteiger partial charge in [-0.25, -0.2) is 0 Å². The molecule has 0 aromatic heterocycles. The minimum atomic E-state index is -0.587. The Morgan fingerprint density at radius 1 is 0.786 bits per heavy atom. The minimum Gasteiger partial charge on any atom is -0.356 e. The van der Waals surface area contributed by atoms with E-state index in [2.05, 4.69) is 65.8 Å². The summed E-state index contributed by atoms with van der Waals surface area (Å²) in [6, 6.07) is 31.0. The summed E-state index contributed by atoms with van der Waals surface area (Å²) in [5, 5.41) is 6.35. The number of amides is 2. The quantitative estimate of drug-likeness (QED) is 0.161. The average molecular weight is 568 g/mol. The maximum atomic E-state index is 13.5. The van der Waals surface area contributed by atoms with E-state index in [1.165, 1.54) is 19.4 Å². The van der Waals surface area contributed by atoms with Crippen LogP contribution in [0.2, 0.25) is 0 Å². The number of nitrogens with zero attached hydrogens (tertiary/aromatic N) is 1. The van der Waals surface area contributed by atoms with Gasteiger partial charge < -0.3 is 15.5 Å². The number of carbonyl (C=O) groups excluding carboxylic acids is 2. The largest absolute Gasteiger partial charge is 0.356 e. The predicted molar refractivity (Wildman–Crippen MR) is 172 cm³/mol. The van der Waals surface area contributed by atoms with Crippen LogP contribution >= 0.6 is 0 Å². The number of rotatable bonds is 15. The summed E-state index contributed by atoms with van der Waals surface area (Å²) in [6.45, 7) is 9.36. The van der Waals surface area contributed by atoms with Gasteiger partial charge in [-0.3, -0.25) is 9.59 Å². The highest BCUT2D eigenvalue weighted by Crippen LogP contribution is 2.42. The normalized spacial score (nSPS) is 15.8. The molecule has 2 amide bonds. The Labute approximate surface area is 253 Å². The average Bonchev–Trinajstić information content (AvgIpc) is 3.01. The maximum absolute atomic E-state index is 13.5. The van der Waals surface area contributed by atoms with Gasteiger partial charge in [0.2, 0.25) is 11.8 Å². The molecule has 1 heterocycles. The molecule has 5 nitrogen and oxygen atoms in total. The molecule has 1 saturated heterocycles. The van der Waals surface area contributed by atoms with E-state index in [9.17, 15) is 9.59 Å². The first-order valence-corrected chi connectivity index (χ1v) is 15.9. The smallest absolute Gasteiger partial charge is 0.221 e. The van der Waals surface area contributed by atoms with Crippen LogP contribution in [0, 0.1) is 11.8 Å².